The lowest BCUT2D eigenvalue weighted by molar-refractivity contribution is -0.137. The molecule has 0 atom stereocenters. The molecule has 0 unspecified atom stereocenters. The quantitative estimate of drug-likeness (QED) is 0.638. The number of nitrogens with one attached hydrogen (secondary N) is 1. The molecule has 0 aliphatic heterocycles. The molecular formula is C12H14F3NO. The number of Topliss-reactive ketones (excluding diaryl/α,β-unsaturated/α-hetero) is 1. The summed E-state index contributed by atoms with van der Waals surface area (Å²) in [5.74, 6) is -0.281. The van der Waals surface area contributed by atoms with E-state index in [9.17, 15) is 18.0 Å². The number of rotatable bonds is 5. The summed E-state index contributed by atoms with van der Waals surface area (Å²) in [6.45, 7) is 3.11. The van der Waals surface area contributed by atoms with Gasteiger partial charge < -0.3 is 5.32 Å². The van der Waals surface area contributed by atoms with Crippen LogP contribution in [0.25, 0.3) is 0 Å². The zero-order valence-corrected chi connectivity index (χ0v) is 9.47. The van der Waals surface area contributed by atoms with Crippen molar-refractivity contribution in [3.05, 3.63) is 35.4 Å². The van der Waals surface area contributed by atoms with Crippen molar-refractivity contribution in [2.45, 2.75) is 19.5 Å². The van der Waals surface area contributed by atoms with Crippen LogP contribution in [-0.2, 0) is 6.18 Å². The fraction of sp³-hybridized carbons (Fsp3) is 0.417. The van der Waals surface area contributed by atoms with E-state index < -0.39 is 11.7 Å². The van der Waals surface area contributed by atoms with Crippen LogP contribution in [-0.4, -0.2) is 18.9 Å². The normalized spacial score (nSPS) is 11.5. The van der Waals surface area contributed by atoms with Crippen molar-refractivity contribution in [1.82, 2.24) is 5.32 Å². The van der Waals surface area contributed by atoms with E-state index in [1.807, 2.05) is 6.92 Å². The van der Waals surface area contributed by atoms with Crippen LogP contribution in [0.5, 0.6) is 0 Å². The maximum atomic E-state index is 12.4. The fourth-order valence-electron chi connectivity index (χ4n) is 1.39. The highest BCUT2D eigenvalue weighted by Crippen LogP contribution is 2.29. The van der Waals surface area contributed by atoms with E-state index in [4.69, 9.17) is 0 Å². The van der Waals surface area contributed by atoms with E-state index in [2.05, 4.69) is 5.32 Å². The Balaban J connectivity index is 2.74. The second kappa shape index (κ2) is 5.82. The predicted molar refractivity (Wildman–Crippen MR) is 58.9 cm³/mol. The van der Waals surface area contributed by atoms with E-state index in [-0.39, 0.29) is 17.8 Å². The average Bonchev–Trinajstić information content (AvgIpc) is 2.28. The molecule has 0 saturated heterocycles. The third-order valence-electron chi connectivity index (χ3n) is 2.29. The standard InChI is InChI=1S/C12H14F3NO/c1-2-16-7-6-11(17)9-4-3-5-10(8-9)12(13,14)15/h3-5,8,16H,2,6-7H2,1H3. The lowest BCUT2D eigenvalue weighted by Crippen LogP contribution is -2.17. The van der Waals surface area contributed by atoms with E-state index in [1.54, 1.807) is 0 Å². The minimum atomic E-state index is -4.40. The molecule has 0 heterocycles. The number of carbonyl (C=O) groups is 1. The number of benzene rings is 1. The van der Waals surface area contributed by atoms with Crippen molar-refractivity contribution in [2.75, 3.05) is 13.1 Å². The van der Waals surface area contributed by atoms with E-state index in [0.717, 1.165) is 18.7 Å². The summed E-state index contributed by atoms with van der Waals surface area (Å²) in [7, 11) is 0. The van der Waals surface area contributed by atoms with Crippen LogP contribution in [0.15, 0.2) is 24.3 Å². The smallest absolute Gasteiger partial charge is 0.317 e. The summed E-state index contributed by atoms with van der Waals surface area (Å²) in [6.07, 6.45) is -4.20. The van der Waals surface area contributed by atoms with Crippen LogP contribution >= 0.6 is 0 Å². The van der Waals surface area contributed by atoms with Gasteiger partial charge in [-0.25, -0.2) is 0 Å². The number of hydrogen-bond acceptors (Lipinski definition) is 2. The molecule has 0 amide bonds. The SMILES string of the molecule is CCNCCC(=O)c1cccc(C(F)(F)F)c1. The van der Waals surface area contributed by atoms with E-state index in [0.29, 0.717) is 6.54 Å². The van der Waals surface area contributed by atoms with Crippen molar-refractivity contribution < 1.29 is 18.0 Å². The third kappa shape index (κ3) is 4.19. The minimum Gasteiger partial charge on any atom is -0.317 e. The van der Waals surface area contributed by atoms with Gasteiger partial charge in [0.05, 0.1) is 5.56 Å². The zero-order chi connectivity index (χ0) is 12.9. The Morgan fingerprint density at radius 2 is 2.06 bits per heavy atom. The largest absolute Gasteiger partial charge is 0.416 e. The molecule has 0 aromatic heterocycles. The van der Waals surface area contributed by atoms with Crippen molar-refractivity contribution in [3.8, 4) is 0 Å². The van der Waals surface area contributed by atoms with Crippen molar-refractivity contribution in [2.24, 2.45) is 0 Å². The van der Waals surface area contributed by atoms with Gasteiger partial charge in [-0.3, -0.25) is 4.79 Å². The van der Waals surface area contributed by atoms with Crippen LogP contribution < -0.4 is 5.32 Å². The number of alkyl halides is 3. The molecule has 0 aliphatic rings. The first-order valence-corrected chi connectivity index (χ1v) is 5.36. The number of halogens is 3. The first kappa shape index (κ1) is 13.7. The zero-order valence-electron chi connectivity index (χ0n) is 9.47. The van der Waals surface area contributed by atoms with Gasteiger partial charge >= 0.3 is 6.18 Å². The summed E-state index contributed by atoms with van der Waals surface area (Å²) in [5, 5.41) is 2.95. The van der Waals surface area contributed by atoms with E-state index >= 15 is 0 Å². The summed E-state index contributed by atoms with van der Waals surface area (Å²) in [6, 6.07) is 4.52. The van der Waals surface area contributed by atoms with E-state index in [1.165, 1.54) is 12.1 Å². The molecule has 1 N–H and O–H groups in total. The van der Waals surface area contributed by atoms with Gasteiger partial charge in [0.1, 0.15) is 0 Å². The highest BCUT2D eigenvalue weighted by atomic mass is 19.4. The first-order valence-electron chi connectivity index (χ1n) is 5.36. The van der Waals surface area contributed by atoms with Crippen molar-refractivity contribution in [3.63, 3.8) is 0 Å². The van der Waals surface area contributed by atoms with Gasteiger partial charge in [-0.2, -0.15) is 13.2 Å². The van der Waals surface area contributed by atoms with Gasteiger partial charge in [0.2, 0.25) is 0 Å². The molecule has 0 bridgehead atoms. The molecule has 17 heavy (non-hydrogen) atoms. The number of ketones is 1. The van der Waals surface area contributed by atoms with Crippen molar-refractivity contribution in [1.29, 1.82) is 0 Å². The molecule has 2 nitrogen and oxygen atoms in total. The second-order valence-corrected chi connectivity index (χ2v) is 3.61. The summed E-state index contributed by atoms with van der Waals surface area (Å²) in [4.78, 5) is 11.6. The lowest BCUT2D eigenvalue weighted by atomic mass is 10.0. The van der Waals surface area contributed by atoms with Gasteiger partial charge in [0, 0.05) is 18.5 Å². The molecule has 5 heteroatoms. The Bertz CT molecular complexity index is 388. The Kier molecular flexibility index (Phi) is 4.69. The molecule has 94 valence electrons. The Morgan fingerprint density at radius 1 is 1.35 bits per heavy atom. The van der Waals surface area contributed by atoms with Gasteiger partial charge in [-0.1, -0.05) is 19.1 Å². The van der Waals surface area contributed by atoms with Crippen LogP contribution in [0, 0.1) is 0 Å². The van der Waals surface area contributed by atoms with Gasteiger partial charge in [0.15, 0.2) is 5.78 Å². The highest BCUT2D eigenvalue weighted by Gasteiger charge is 2.30. The lowest BCUT2D eigenvalue weighted by Gasteiger charge is -2.08. The minimum absolute atomic E-state index is 0.109. The van der Waals surface area contributed by atoms with Crippen LogP contribution in [0.2, 0.25) is 0 Å². The van der Waals surface area contributed by atoms with Gasteiger partial charge in [-0.05, 0) is 18.7 Å². The Labute approximate surface area is 97.8 Å². The maximum Gasteiger partial charge on any atom is 0.416 e. The monoisotopic (exact) mass is 245 g/mol. The number of carbonyl (C=O) groups excluding carboxylic acids is 1. The molecule has 0 radical (unpaired) electrons. The predicted octanol–water partition coefficient (Wildman–Crippen LogP) is 2.89. The Morgan fingerprint density at radius 3 is 2.65 bits per heavy atom. The topological polar surface area (TPSA) is 29.1 Å². The van der Waals surface area contributed by atoms with Crippen LogP contribution in [0.1, 0.15) is 29.3 Å². The van der Waals surface area contributed by atoms with Crippen LogP contribution in [0.4, 0.5) is 13.2 Å². The second-order valence-electron chi connectivity index (χ2n) is 3.61. The summed E-state index contributed by atoms with van der Waals surface area (Å²) in [5.41, 5.74) is -0.676. The average molecular weight is 245 g/mol. The molecule has 1 aromatic carbocycles. The number of hydrogen-bond donors (Lipinski definition) is 1. The highest BCUT2D eigenvalue weighted by molar-refractivity contribution is 5.96. The summed E-state index contributed by atoms with van der Waals surface area (Å²) < 4.78 is 37.2. The Hall–Kier alpha value is -1.36. The molecule has 0 spiro atoms. The van der Waals surface area contributed by atoms with Crippen LogP contribution in [0.3, 0.4) is 0 Å². The molecule has 1 aromatic rings. The summed E-state index contributed by atoms with van der Waals surface area (Å²) >= 11 is 0. The molecule has 0 aliphatic carbocycles. The molecule has 0 fully saturated rings. The molecule has 0 saturated carbocycles. The first-order chi connectivity index (χ1) is 7.95. The van der Waals surface area contributed by atoms with Gasteiger partial charge in [-0.15, -0.1) is 0 Å². The van der Waals surface area contributed by atoms with Gasteiger partial charge in [0.25, 0.3) is 0 Å². The van der Waals surface area contributed by atoms with Crippen molar-refractivity contribution >= 4 is 5.78 Å². The third-order valence-corrected chi connectivity index (χ3v) is 2.29. The molecule has 1 rings (SSSR count). The maximum absolute atomic E-state index is 12.4. The fourth-order valence-corrected chi connectivity index (χ4v) is 1.39. The molecular weight excluding hydrogens is 231 g/mol.